The molecule has 0 aliphatic heterocycles. The standard InChI is InChI=1S/C9H10N6OS/c1-4-10-9(17-15-4)12-8(16)7-11-6(13-14-7)5-2-3-5/h5H,2-3H2,1H3,(H,11,13,14)(H,10,12,15,16). The highest BCUT2D eigenvalue weighted by atomic mass is 32.1. The Morgan fingerprint density at radius 3 is 2.94 bits per heavy atom. The van der Waals surface area contributed by atoms with Crippen LogP contribution in [0.3, 0.4) is 0 Å². The highest BCUT2D eigenvalue weighted by molar-refractivity contribution is 7.09. The lowest BCUT2D eigenvalue weighted by molar-refractivity contribution is 0.101. The molecule has 1 aliphatic rings. The van der Waals surface area contributed by atoms with Crippen LogP contribution >= 0.6 is 11.5 Å². The zero-order chi connectivity index (χ0) is 11.8. The summed E-state index contributed by atoms with van der Waals surface area (Å²) in [4.78, 5) is 20.0. The Labute approximate surface area is 101 Å². The van der Waals surface area contributed by atoms with E-state index >= 15 is 0 Å². The minimum absolute atomic E-state index is 0.153. The SMILES string of the molecule is Cc1nsc(NC(=O)c2n[nH]c(C3CC3)n2)n1. The lowest BCUT2D eigenvalue weighted by Gasteiger charge is -1.94. The number of H-pyrrole nitrogens is 1. The summed E-state index contributed by atoms with van der Waals surface area (Å²) in [6.45, 7) is 1.77. The molecule has 0 bridgehead atoms. The topological polar surface area (TPSA) is 96.5 Å². The number of anilines is 1. The first-order valence-corrected chi connectivity index (χ1v) is 6.03. The summed E-state index contributed by atoms with van der Waals surface area (Å²) in [7, 11) is 0. The number of rotatable bonds is 3. The number of carbonyl (C=O) groups excluding carboxylic acids is 1. The Hall–Kier alpha value is -1.83. The van der Waals surface area contributed by atoms with E-state index in [0.717, 1.165) is 30.2 Å². The summed E-state index contributed by atoms with van der Waals surface area (Å²) in [6.07, 6.45) is 2.23. The molecule has 8 heteroatoms. The number of nitrogens with zero attached hydrogens (tertiary/aromatic N) is 4. The highest BCUT2D eigenvalue weighted by Crippen LogP contribution is 2.37. The first kappa shape index (κ1) is 10.3. The molecule has 0 radical (unpaired) electrons. The van der Waals surface area contributed by atoms with Gasteiger partial charge in [0.05, 0.1) is 0 Å². The van der Waals surface area contributed by atoms with Crippen LogP contribution in [0.4, 0.5) is 5.13 Å². The predicted molar refractivity (Wildman–Crippen MR) is 61.0 cm³/mol. The molecule has 3 rings (SSSR count). The van der Waals surface area contributed by atoms with Crippen molar-refractivity contribution in [1.82, 2.24) is 24.5 Å². The minimum Gasteiger partial charge on any atom is -0.294 e. The van der Waals surface area contributed by atoms with Crippen molar-refractivity contribution < 1.29 is 4.79 Å². The van der Waals surface area contributed by atoms with Crippen LogP contribution in [0.15, 0.2) is 0 Å². The Kier molecular flexibility index (Phi) is 2.36. The van der Waals surface area contributed by atoms with Crippen molar-refractivity contribution in [3.63, 3.8) is 0 Å². The molecule has 0 saturated heterocycles. The zero-order valence-corrected chi connectivity index (χ0v) is 9.91. The van der Waals surface area contributed by atoms with Crippen LogP contribution in [0.1, 0.15) is 41.0 Å². The van der Waals surface area contributed by atoms with Crippen molar-refractivity contribution in [1.29, 1.82) is 0 Å². The van der Waals surface area contributed by atoms with Gasteiger partial charge in [-0.1, -0.05) is 0 Å². The summed E-state index contributed by atoms with van der Waals surface area (Å²) in [5, 5.41) is 9.75. The molecule has 2 heterocycles. The van der Waals surface area contributed by atoms with Gasteiger partial charge in [0.15, 0.2) is 0 Å². The normalized spacial score (nSPS) is 14.9. The van der Waals surface area contributed by atoms with E-state index in [9.17, 15) is 4.79 Å². The van der Waals surface area contributed by atoms with Gasteiger partial charge in [-0.3, -0.25) is 15.2 Å². The smallest absolute Gasteiger partial charge is 0.294 e. The number of hydrogen-bond donors (Lipinski definition) is 2. The van der Waals surface area contributed by atoms with E-state index in [1.54, 1.807) is 6.92 Å². The lowest BCUT2D eigenvalue weighted by atomic mass is 10.4. The van der Waals surface area contributed by atoms with Crippen LogP contribution in [0.5, 0.6) is 0 Å². The van der Waals surface area contributed by atoms with Gasteiger partial charge in [0.25, 0.3) is 5.91 Å². The van der Waals surface area contributed by atoms with Crippen LogP contribution in [-0.2, 0) is 0 Å². The lowest BCUT2D eigenvalue weighted by Crippen LogP contribution is -2.13. The average molecular weight is 250 g/mol. The number of aromatic nitrogens is 5. The van der Waals surface area contributed by atoms with Gasteiger partial charge in [-0.25, -0.2) is 9.97 Å². The number of nitrogens with one attached hydrogen (secondary N) is 2. The molecule has 0 aromatic carbocycles. The van der Waals surface area contributed by atoms with Gasteiger partial charge in [0.2, 0.25) is 11.0 Å². The summed E-state index contributed by atoms with van der Waals surface area (Å²) >= 11 is 1.14. The second kappa shape index (κ2) is 3.88. The maximum absolute atomic E-state index is 11.8. The van der Waals surface area contributed by atoms with E-state index in [1.807, 2.05) is 0 Å². The van der Waals surface area contributed by atoms with Crippen LogP contribution in [-0.4, -0.2) is 30.4 Å². The number of amides is 1. The first-order chi connectivity index (χ1) is 8.22. The molecule has 17 heavy (non-hydrogen) atoms. The molecule has 1 amide bonds. The highest BCUT2D eigenvalue weighted by Gasteiger charge is 2.28. The van der Waals surface area contributed by atoms with Crippen LogP contribution in [0.2, 0.25) is 0 Å². The number of hydrogen-bond acceptors (Lipinski definition) is 6. The fraction of sp³-hybridized carbons (Fsp3) is 0.444. The number of aryl methyl sites for hydroxylation is 1. The van der Waals surface area contributed by atoms with E-state index < -0.39 is 0 Å². The van der Waals surface area contributed by atoms with Gasteiger partial charge >= 0.3 is 0 Å². The maximum Gasteiger partial charge on any atom is 0.297 e. The van der Waals surface area contributed by atoms with Gasteiger partial charge in [-0.05, 0) is 19.8 Å². The quantitative estimate of drug-likeness (QED) is 0.850. The second-order valence-corrected chi connectivity index (χ2v) is 4.67. The molecule has 2 aromatic rings. The molecule has 88 valence electrons. The summed E-state index contributed by atoms with van der Waals surface area (Å²) in [6, 6.07) is 0. The predicted octanol–water partition coefficient (Wildman–Crippen LogP) is 1.09. The van der Waals surface area contributed by atoms with Gasteiger partial charge in [0.1, 0.15) is 11.6 Å². The molecule has 0 spiro atoms. The van der Waals surface area contributed by atoms with Gasteiger partial charge in [0, 0.05) is 17.5 Å². The van der Waals surface area contributed by atoms with E-state index in [-0.39, 0.29) is 11.7 Å². The molecule has 7 nitrogen and oxygen atoms in total. The number of carbonyl (C=O) groups is 1. The van der Waals surface area contributed by atoms with Crippen LogP contribution in [0, 0.1) is 6.92 Å². The minimum atomic E-state index is -0.357. The summed E-state index contributed by atoms with van der Waals surface area (Å²) in [5.41, 5.74) is 0. The molecular weight excluding hydrogens is 240 g/mol. The Morgan fingerprint density at radius 1 is 1.47 bits per heavy atom. The molecule has 1 fully saturated rings. The molecule has 1 aliphatic carbocycles. The van der Waals surface area contributed by atoms with Gasteiger partial charge in [-0.2, -0.15) is 4.37 Å². The Balaban J connectivity index is 1.72. The third kappa shape index (κ3) is 2.16. The largest absolute Gasteiger partial charge is 0.297 e. The first-order valence-electron chi connectivity index (χ1n) is 5.26. The van der Waals surface area contributed by atoms with Crippen molar-refractivity contribution in [2.75, 3.05) is 5.32 Å². The van der Waals surface area contributed by atoms with Crippen molar-refractivity contribution in [3.8, 4) is 0 Å². The van der Waals surface area contributed by atoms with Crippen molar-refractivity contribution >= 4 is 22.6 Å². The molecule has 0 unspecified atom stereocenters. The Morgan fingerprint density at radius 2 is 2.29 bits per heavy atom. The van der Waals surface area contributed by atoms with Gasteiger partial charge in [-0.15, -0.1) is 5.10 Å². The second-order valence-electron chi connectivity index (χ2n) is 3.92. The summed E-state index contributed by atoms with van der Waals surface area (Å²) in [5.74, 6) is 1.68. The molecular formula is C9H10N6OS. The van der Waals surface area contributed by atoms with E-state index in [2.05, 4.69) is 29.9 Å². The third-order valence-corrected chi connectivity index (χ3v) is 3.14. The third-order valence-electron chi connectivity index (χ3n) is 2.42. The maximum atomic E-state index is 11.8. The van der Waals surface area contributed by atoms with E-state index in [1.165, 1.54) is 0 Å². The molecule has 2 N–H and O–H groups in total. The monoisotopic (exact) mass is 250 g/mol. The van der Waals surface area contributed by atoms with Gasteiger partial charge < -0.3 is 0 Å². The average Bonchev–Trinajstić information content (AvgIpc) is 2.88. The van der Waals surface area contributed by atoms with E-state index in [4.69, 9.17) is 0 Å². The number of aromatic amines is 1. The summed E-state index contributed by atoms with van der Waals surface area (Å²) < 4.78 is 3.97. The van der Waals surface area contributed by atoms with Crippen LogP contribution < -0.4 is 5.32 Å². The molecule has 1 saturated carbocycles. The van der Waals surface area contributed by atoms with Crippen LogP contribution in [0.25, 0.3) is 0 Å². The van der Waals surface area contributed by atoms with E-state index in [0.29, 0.717) is 16.9 Å². The van der Waals surface area contributed by atoms with Crippen molar-refractivity contribution in [3.05, 3.63) is 17.5 Å². The molecule has 2 aromatic heterocycles. The Bertz CT molecular complexity index is 557. The molecule has 0 atom stereocenters. The zero-order valence-electron chi connectivity index (χ0n) is 9.10. The van der Waals surface area contributed by atoms with Crippen molar-refractivity contribution in [2.24, 2.45) is 0 Å². The fourth-order valence-corrected chi connectivity index (χ4v) is 1.99. The fourth-order valence-electron chi connectivity index (χ4n) is 1.42. The van der Waals surface area contributed by atoms with Crippen molar-refractivity contribution in [2.45, 2.75) is 25.7 Å².